The summed E-state index contributed by atoms with van der Waals surface area (Å²) < 4.78 is 11.1. The van der Waals surface area contributed by atoms with Crippen molar-refractivity contribution in [1.29, 1.82) is 10.5 Å². The van der Waals surface area contributed by atoms with E-state index in [2.05, 4.69) is 17.1 Å². The van der Waals surface area contributed by atoms with Crippen LogP contribution < -0.4 is 5.73 Å². The quantitative estimate of drug-likeness (QED) is 0.300. The highest BCUT2D eigenvalue weighted by Gasteiger charge is 2.38. The topological polar surface area (TPSA) is 122 Å². The molecule has 0 aliphatic carbocycles. The highest BCUT2D eigenvalue weighted by atomic mass is 35.5. The summed E-state index contributed by atoms with van der Waals surface area (Å²) in [5.74, 6) is -1.30. The highest BCUT2D eigenvalue weighted by molar-refractivity contribution is 7.99. The predicted octanol–water partition coefficient (Wildman–Crippen LogP) is 5.75. The zero-order chi connectivity index (χ0) is 25.7. The van der Waals surface area contributed by atoms with Crippen LogP contribution in [0.4, 0.5) is 0 Å². The van der Waals surface area contributed by atoms with Crippen LogP contribution >= 0.6 is 34.7 Å². The van der Waals surface area contributed by atoms with E-state index in [4.69, 9.17) is 26.8 Å². The molecule has 180 valence electrons. The number of nitrogens with zero attached hydrogens (tertiary/aromatic N) is 3. The molecule has 2 aromatic heterocycles. The number of esters is 1. The molecule has 2 N–H and O–H groups in total. The van der Waals surface area contributed by atoms with E-state index in [1.807, 2.05) is 17.5 Å². The third-order valence-electron chi connectivity index (χ3n) is 5.30. The van der Waals surface area contributed by atoms with Crippen LogP contribution in [0.5, 0.6) is 0 Å². The van der Waals surface area contributed by atoms with Crippen LogP contribution in [-0.4, -0.2) is 23.3 Å². The van der Waals surface area contributed by atoms with Crippen LogP contribution in [0, 0.1) is 22.7 Å². The summed E-state index contributed by atoms with van der Waals surface area (Å²) in [6, 6.07) is 18.5. The molecule has 1 aromatic carbocycles. The molecule has 0 radical (unpaired) electrons. The number of nitriles is 2. The third-order valence-corrected chi connectivity index (χ3v) is 7.53. The molecule has 36 heavy (non-hydrogen) atoms. The number of pyridine rings is 1. The van der Waals surface area contributed by atoms with E-state index in [1.165, 1.54) is 11.8 Å². The van der Waals surface area contributed by atoms with Gasteiger partial charge in [0.15, 0.2) is 0 Å². The minimum atomic E-state index is -0.868. The molecule has 3 aromatic rings. The fourth-order valence-corrected chi connectivity index (χ4v) is 5.56. The molecule has 0 saturated carbocycles. The zero-order valence-electron chi connectivity index (χ0n) is 19.0. The molecule has 1 aliphatic heterocycles. The Balaban J connectivity index is 1.78. The first kappa shape index (κ1) is 25.3. The lowest BCUT2D eigenvalue weighted by Crippen LogP contribution is -2.27. The largest absolute Gasteiger partial charge is 0.463 e. The molecule has 0 amide bonds. The zero-order valence-corrected chi connectivity index (χ0v) is 21.4. The molecule has 7 nitrogen and oxygen atoms in total. The SMILES string of the molecule is CCOC(=O)C1=C(CSc2nc(-c3cccs3)ccc2C#N)OC(N)=C(C#N)C1c1ccccc1Cl. The second-order valence-corrected chi connectivity index (χ2v) is 9.75. The summed E-state index contributed by atoms with van der Waals surface area (Å²) in [5.41, 5.74) is 7.99. The Kier molecular flexibility index (Phi) is 7.97. The van der Waals surface area contributed by atoms with E-state index < -0.39 is 11.9 Å². The normalized spacial score (nSPS) is 15.2. The van der Waals surface area contributed by atoms with Gasteiger partial charge < -0.3 is 15.2 Å². The Morgan fingerprint density at radius 1 is 1.22 bits per heavy atom. The van der Waals surface area contributed by atoms with E-state index in [0.29, 0.717) is 21.2 Å². The highest BCUT2D eigenvalue weighted by Crippen LogP contribution is 2.43. The number of thioether (sulfide) groups is 1. The number of aromatic nitrogens is 1. The molecule has 0 spiro atoms. The van der Waals surface area contributed by atoms with Crippen LogP contribution in [0.3, 0.4) is 0 Å². The third kappa shape index (κ3) is 5.09. The van der Waals surface area contributed by atoms with Gasteiger partial charge in [-0.3, -0.25) is 0 Å². The Bertz CT molecular complexity index is 1450. The fourth-order valence-electron chi connectivity index (χ4n) is 3.71. The summed E-state index contributed by atoms with van der Waals surface area (Å²) in [4.78, 5) is 18.8. The van der Waals surface area contributed by atoms with E-state index in [1.54, 1.807) is 54.7 Å². The first-order valence-corrected chi connectivity index (χ1v) is 13.0. The number of halogens is 1. The lowest BCUT2D eigenvalue weighted by molar-refractivity contribution is -0.139. The van der Waals surface area contributed by atoms with Gasteiger partial charge in [0.05, 0.1) is 40.0 Å². The van der Waals surface area contributed by atoms with Crippen molar-refractivity contribution in [1.82, 2.24) is 4.98 Å². The molecule has 0 fully saturated rings. The van der Waals surface area contributed by atoms with Gasteiger partial charge in [-0.25, -0.2) is 9.78 Å². The van der Waals surface area contributed by atoms with Gasteiger partial charge in [-0.05, 0) is 42.1 Å². The Morgan fingerprint density at radius 3 is 2.69 bits per heavy atom. The summed E-state index contributed by atoms with van der Waals surface area (Å²) in [6.45, 7) is 1.82. The van der Waals surface area contributed by atoms with Gasteiger partial charge in [0.25, 0.3) is 0 Å². The van der Waals surface area contributed by atoms with Crippen molar-refractivity contribution >= 4 is 40.7 Å². The maximum atomic E-state index is 13.2. The second kappa shape index (κ2) is 11.3. The van der Waals surface area contributed by atoms with Crippen molar-refractivity contribution in [3.63, 3.8) is 0 Å². The van der Waals surface area contributed by atoms with E-state index in [0.717, 1.165) is 10.6 Å². The van der Waals surface area contributed by atoms with E-state index in [9.17, 15) is 15.3 Å². The number of carbonyl (C=O) groups excluding carboxylic acids is 1. The van der Waals surface area contributed by atoms with Crippen LogP contribution in [0.1, 0.15) is 24.0 Å². The lowest BCUT2D eigenvalue weighted by Gasteiger charge is -2.28. The molecule has 4 rings (SSSR count). The number of benzene rings is 1. The summed E-state index contributed by atoms with van der Waals surface area (Å²) >= 11 is 9.23. The van der Waals surface area contributed by atoms with Crippen LogP contribution in [0.15, 0.2) is 81.7 Å². The number of hydrogen-bond acceptors (Lipinski definition) is 9. The minimum absolute atomic E-state index is 0.0652. The number of nitrogens with two attached hydrogens (primary N) is 1. The van der Waals surface area contributed by atoms with E-state index >= 15 is 0 Å². The molecule has 0 bridgehead atoms. The molecule has 10 heteroatoms. The van der Waals surface area contributed by atoms with Crippen molar-refractivity contribution < 1.29 is 14.3 Å². The maximum Gasteiger partial charge on any atom is 0.338 e. The summed E-state index contributed by atoms with van der Waals surface area (Å²) in [7, 11) is 0. The van der Waals surface area contributed by atoms with Crippen LogP contribution in [0.2, 0.25) is 5.02 Å². The van der Waals surface area contributed by atoms with Gasteiger partial charge in [0.1, 0.15) is 28.5 Å². The molecule has 1 aliphatic rings. The lowest BCUT2D eigenvalue weighted by atomic mass is 9.83. The Hall–Kier alpha value is -3.76. The summed E-state index contributed by atoms with van der Waals surface area (Å²) in [6.07, 6.45) is 0. The average Bonchev–Trinajstić information content (AvgIpc) is 3.42. The number of allylic oxidation sites excluding steroid dienone is 1. The van der Waals surface area contributed by atoms with Crippen molar-refractivity contribution in [3.05, 3.63) is 92.8 Å². The van der Waals surface area contributed by atoms with Crippen LogP contribution in [0.25, 0.3) is 10.6 Å². The van der Waals surface area contributed by atoms with Crippen LogP contribution in [-0.2, 0) is 14.3 Å². The maximum absolute atomic E-state index is 13.2. The molecule has 1 atom stereocenters. The van der Waals surface area contributed by atoms with Gasteiger partial charge in [-0.15, -0.1) is 11.3 Å². The Morgan fingerprint density at radius 2 is 2.03 bits per heavy atom. The smallest absolute Gasteiger partial charge is 0.338 e. The number of hydrogen-bond donors (Lipinski definition) is 1. The minimum Gasteiger partial charge on any atom is -0.463 e. The van der Waals surface area contributed by atoms with Gasteiger partial charge in [0.2, 0.25) is 5.88 Å². The molecule has 0 saturated heterocycles. The molecule has 3 heterocycles. The van der Waals surface area contributed by atoms with Crippen molar-refractivity contribution in [2.45, 2.75) is 17.9 Å². The number of ether oxygens (including phenoxy) is 2. The number of rotatable bonds is 7. The first-order chi connectivity index (χ1) is 17.5. The Labute approximate surface area is 221 Å². The van der Waals surface area contributed by atoms with Gasteiger partial charge in [-0.2, -0.15) is 10.5 Å². The number of thiophene rings is 1. The predicted molar refractivity (Wildman–Crippen MR) is 139 cm³/mol. The van der Waals surface area contributed by atoms with Gasteiger partial charge in [0, 0.05) is 5.02 Å². The summed E-state index contributed by atoms with van der Waals surface area (Å²) in [5, 5.41) is 22.3. The number of carbonyl (C=O) groups is 1. The van der Waals surface area contributed by atoms with E-state index in [-0.39, 0.29) is 35.1 Å². The molecular formula is C26H19ClN4O3S2. The standard InChI is InChI=1S/C26H19ClN4O3S2/c1-2-33-26(32)23-20(34-24(30)17(13-29)22(23)16-6-3-4-7-18(16)27)14-36-25-15(12-28)9-10-19(31-25)21-8-5-11-35-21/h3-11,22H,2,14,30H2,1H3. The van der Waals surface area contributed by atoms with Crippen molar-refractivity contribution in [2.75, 3.05) is 12.4 Å². The second-order valence-electron chi connectivity index (χ2n) is 7.43. The van der Waals surface area contributed by atoms with Gasteiger partial charge >= 0.3 is 5.97 Å². The average molecular weight is 535 g/mol. The first-order valence-electron chi connectivity index (χ1n) is 10.8. The van der Waals surface area contributed by atoms with Gasteiger partial charge in [-0.1, -0.05) is 47.6 Å². The monoisotopic (exact) mass is 534 g/mol. The molecule has 1 unspecified atom stereocenters. The van der Waals surface area contributed by atoms with Crippen molar-refractivity contribution in [3.8, 4) is 22.7 Å². The fraction of sp³-hybridized carbons (Fsp3) is 0.154. The molecular weight excluding hydrogens is 516 g/mol. The van der Waals surface area contributed by atoms with Crippen molar-refractivity contribution in [2.24, 2.45) is 5.73 Å².